The molecule has 2 heterocycles. The summed E-state index contributed by atoms with van der Waals surface area (Å²) in [6.45, 7) is 34.1. The van der Waals surface area contributed by atoms with Crippen LogP contribution in [0.4, 0.5) is 0 Å². The molecule has 18 nitrogen and oxygen atoms in total. The molecular weight excluding hydrogens is 1120 g/mol. The van der Waals surface area contributed by atoms with Crippen molar-refractivity contribution in [1.82, 2.24) is 40.4 Å². The lowest BCUT2D eigenvalue weighted by molar-refractivity contribution is -0.150. The summed E-state index contributed by atoms with van der Waals surface area (Å²) in [6, 6.07) is 15.5. The van der Waals surface area contributed by atoms with Crippen LogP contribution in [0.3, 0.4) is 0 Å². The van der Waals surface area contributed by atoms with E-state index in [9.17, 15) is 38.7 Å². The Balaban J connectivity index is 0.000000433. The molecule has 6 rings (SSSR count). The van der Waals surface area contributed by atoms with E-state index in [0.717, 1.165) is 30.4 Å². The number of allylic oxidation sites excluding steroid dienone is 2. The van der Waals surface area contributed by atoms with Crippen molar-refractivity contribution in [3.8, 4) is 11.4 Å². The van der Waals surface area contributed by atoms with Crippen LogP contribution < -0.4 is 5.32 Å². The highest BCUT2D eigenvalue weighted by Gasteiger charge is 2.52. The smallest absolute Gasteiger partial charge is 0.307 e. The third-order valence-electron chi connectivity index (χ3n) is 18.3. The van der Waals surface area contributed by atoms with Crippen LogP contribution in [0, 0.1) is 69.5 Å². The predicted octanol–water partition coefficient (Wildman–Crippen LogP) is 11.1. The molecule has 2 fully saturated rings. The number of likely N-dealkylation sites (tertiary alicyclic amines) is 1. The molecular formula is C71H110N8O10. The van der Waals surface area contributed by atoms with Gasteiger partial charge in [-0.15, -0.1) is 20.4 Å². The molecule has 494 valence electrons. The molecule has 2 N–H and O–H groups in total. The molecule has 13 atom stereocenters. The number of carbonyl (C=O) groups is 7. The van der Waals surface area contributed by atoms with Crippen LogP contribution in [0.5, 0.6) is 0 Å². The summed E-state index contributed by atoms with van der Waals surface area (Å²) in [5.41, 5.74) is 2.94. The fraction of sp³-hybridized carbons (Fsp3) is 0.676. The fourth-order valence-corrected chi connectivity index (χ4v) is 13.7. The van der Waals surface area contributed by atoms with Crippen molar-refractivity contribution in [2.45, 2.75) is 205 Å². The first-order valence-corrected chi connectivity index (χ1v) is 32.3. The van der Waals surface area contributed by atoms with Gasteiger partial charge >= 0.3 is 5.97 Å². The van der Waals surface area contributed by atoms with Crippen molar-refractivity contribution in [3.63, 3.8) is 0 Å². The summed E-state index contributed by atoms with van der Waals surface area (Å²) in [5.74, 6) is -1.89. The minimum atomic E-state index is -0.695. The largest absolute Gasteiger partial charge is 0.481 e. The number of hydrogen-bond donors (Lipinski definition) is 2. The number of ketones is 2. The number of likely N-dealkylation sites (N-methyl/N-ethyl adjacent to an activating group) is 2. The van der Waals surface area contributed by atoms with Gasteiger partial charge < -0.3 is 34.6 Å². The van der Waals surface area contributed by atoms with Crippen molar-refractivity contribution in [2.24, 2.45) is 69.5 Å². The van der Waals surface area contributed by atoms with Crippen LogP contribution in [0.2, 0.25) is 0 Å². The molecule has 4 unspecified atom stereocenters. The number of hydrogen-bond acceptors (Lipinski definition) is 13. The number of carboxylic acid groups (broad SMARTS) is 1. The van der Waals surface area contributed by atoms with Gasteiger partial charge in [0.2, 0.25) is 29.5 Å². The van der Waals surface area contributed by atoms with Gasteiger partial charge in [-0.3, -0.25) is 33.6 Å². The molecule has 3 aromatic rings. The Labute approximate surface area is 532 Å². The number of Topliss-reactive ketones (excluding diaryl/α,β-unsaturated/α-hetero) is 2. The quantitative estimate of drug-likeness (QED) is 0.0752. The summed E-state index contributed by atoms with van der Waals surface area (Å²) in [5, 5.41) is 27.5. The first-order chi connectivity index (χ1) is 41.5. The van der Waals surface area contributed by atoms with Crippen LogP contribution in [0.1, 0.15) is 167 Å². The summed E-state index contributed by atoms with van der Waals surface area (Å²) in [7, 11) is 6.49. The van der Waals surface area contributed by atoms with E-state index in [0.29, 0.717) is 54.8 Å². The van der Waals surface area contributed by atoms with Crippen LogP contribution >= 0.6 is 0 Å². The normalized spacial score (nSPS) is 20.8. The minimum Gasteiger partial charge on any atom is -0.481 e. The number of methoxy groups -OCH3 is 2. The van der Waals surface area contributed by atoms with Gasteiger partial charge in [0, 0.05) is 58.2 Å². The van der Waals surface area contributed by atoms with Crippen LogP contribution in [0.15, 0.2) is 73.1 Å². The molecule has 2 aliphatic carbocycles. The average Bonchev–Trinajstić information content (AvgIpc) is 1.65. The molecule has 3 aliphatic rings. The first kappa shape index (κ1) is 75.2. The Bertz CT molecular complexity index is 2810. The number of fused-ring (bicyclic) bond motifs is 2. The van der Waals surface area contributed by atoms with Gasteiger partial charge in [-0.2, -0.15) is 0 Å². The number of nitrogens with zero attached hydrogens (tertiary/aromatic N) is 7. The molecule has 1 aliphatic heterocycles. The summed E-state index contributed by atoms with van der Waals surface area (Å²) in [4.78, 5) is 98.5. The molecule has 2 aromatic carbocycles. The average molecular weight is 1240 g/mol. The second-order valence-electron chi connectivity index (χ2n) is 29.3. The number of carboxylic acids is 1. The summed E-state index contributed by atoms with van der Waals surface area (Å²) >= 11 is 0. The van der Waals surface area contributed by atoms with E-state index in [1.807, 2.05) is 105 Å². The predicted molar refractivity (Wildman–Crippen MR) is 349 cm³/mol. The van der Waals surface area contributed by atoms with Crippen molar-refractivity contribution >= 4 is 41.2 Å². The zero-order chi connectivity index (χ0) is 67.0. The van der Waals surface area contributed by atoms with Gasteiger partial charge in [0.1, 0.15) is 0 Å². The van der Waals surface area contributed by atoms with E-state index in [1.165, 1.54) is 23.7 Å². The Morgan fingerprint density at radius 2 is 1.36 bits per heavy atom. The topological polar surface area (TPSA) is 231 Å². The summed E-state index contributed by atoms with van der Waals surface area (Å²) in [6.07, 6.45) is 8.93. The van der Waals surface area contributed by atoms with Crippen molar-refractivity contribution in [2.75, 3.05) is 34.9 Å². The number of nitrogens with one attached hydrogen (secondary N) is 1. The highest BCUT2D eigenvalue weighted by molar-refractivity contribution is 5.94. The van der Waals surface area contributed by atoms with Crippen molar-refractivity contribution < 1.29 is 48.1 Å². The van der Waals surface area contributed by atoms with Gasteiger partial charge in [-0.25, -0.2) is 0 Å². The lowest BCUT2D eigenvalue weighted by atomic mass is 9.68. The van der Waals surface area contributed by atoms with E-state index in [-0.39, 0.29) is 83.2 Å². The monoisotopic (exact) mass is 1230 g/mol. The zero-order valence-corrected chi connectivity index (χ0v) is 57.7. The standard InChI is InChI=1S/C46H76N4O8.C13H16N4.C12H18O2/c1-16-30(6)41(48(12)44(55)34(28(2)3)26-37(52)40(29(4)5)49(13)45(56)46(9,10)11)38(57-14)27-39(53)50-24-20-23-36(50)42(58-15)31(7)43(54)47-35(32(8)51)25-33-21-18-17-19-22-33;1-13(2,3)8-10-4-6-11(7-5-10)12-16-14-9-15-17-12;1-12(2,3)10-8-5-4-7(6-8)9(10)11(13)14/h17-19,21-22,28-31,34-36,38,40-42H,16,20,23-27H2,1-15H3,(H,47,54);4-7,9H,8H2,1-3H3;4-5,7-10H,6H2,1-3H3,(H,13,14)/t30-,31+,34-,35-,36-,38+,40-,41-,42+;;/m0../s1. The number of carbonyl (C=O) groups excluding carboxylic acids is 6. The molecule has 1 aromatic heterocycles. The van der Waals surface area contributed by atoms with E-state index in [1.54, 1.807) is 45.0 Å². The Hall–Kier alpha value is -6.27. The fourth-order valence-electron chi connectivity index (χ4n) is 13.7. The zero-order valence-electron chi connectivity index (χ0n) is 57.7. The van der Waals surface area contributed by atoms with E-state index in [2.05, 4.69) is 91.5 Å². The SMILES string of the molecule is CC(C)(C)C1C2C=CC(C2)C1C(=O)O.CC(C)(C)Cc1ccc(-c2nncnn2)cc1.CC[C@H](C)[C@@H]([C@@H](CC(=O)N1CCC[C@H]1[C@H](OC)[C@@H](C)C(=O)N[C@@H](Cc1ccccc1)C(C)=O)OC)N(C)C(=O)[C@@H](CC(=O)[C@H](C(C)C)N(C)C(=O)C(C)(C)C)C(C)C. The lowest BCUT2D eigenvalue weighted by Crippen LogP contribution is -2.55. The first-order valence-electron chi connectivity index (χ1n) is 32.3. The molecule has 89 heavy (non-hydrogen) atoms. The highest BCUT2D eigenvalue weighted by Crippen LogP contribution is 2.54. The van der Waals surface area contributed by atoms with Crippen LogP contribution in [0.25, 0.3) is 11.4 Å². The number of benzene rings is 2. The van der Waals surface area contributed by atoms with Crippen LogP contribution in [-0.2, 0) is 55.9 Å². The van der Waals surface area contributed by atoms with E-state index in [4.69, 9.17) is 9.47 Å². The molecule has 0 radical (unpaired) electrons. The molecule has 18 heteroatoms. The number of ether oxygens (including phenoxy) is 2. The Morgan fingerprint density at radius 3 is 1.84 bits per heavy atom. The molecule has 2 bridgehead atoms. The number of rotatable bonds is 25. The van der Waals surface area contributed by atoms with Crippen molar-refractivity contribution in [1.29, 1.82) is 0 Å². The van der Waals surface area contributed by atoms with Gasteiger partial charge in [0.05, 0.1) is 54.6 Å². The molecule has 1 saturated heterocycles. The maximum Gasteiger partial charge on any atom is 0.307 e. The van der Waals surface area contributed by atoms with Gasteiger partial charge in [0.25, 0.3) is 0 Å². The second-order valence-corrected chi connectivity index (χ2v) is 29.3. The van der Waals surface area contributed by atoms with E-state index < -0.39 is 53.6 Å². The molecule has 1 saturated carbocycles. The molecule has 0 spiro atoms. The summed E-state index contributed by atoms with van der Waals surface area (Å²) < 4.78 is 12.0. The third kappa shape index (κ3) is 20.9. The molecule has 4 amide bonds. The third-order valence-corrected chi connectivity index (χ3v) is 18.3. The Kier molecular flexibility index (Phi) is 28.0. The van der Waals surface area contributed by atoms with Crippen molar-refractivity contribution in [3.05, 3.63) is 84.2 Å². The maximum atomic E-state index is 14.5. The number of amides is 4. The van der Waals surface area contributed by atoms with Gasteiger partial charge in [-0.1, -0.05) is 184 Å². The van der Waals surface area contributed by atoms with Crippen LogP contribution in [-0.4, -0.2) is 153 Å². The Morgan fingerprint density at radius 1 is 0.764 bits per heavy atom. The maximum absolute atomic E-state index is 14.5. The van der Waals surface area contributed by atoms with Gasteiger partial charge in [0.15, 0.2) is 17.9 Å². The lowest BCUT2D eigenvalue weighted by Gasteiger charge is -2.41. The second kappa shape index (κ2) is 33.2. The number of aliphatic carboxylic acids is 1. The minimum absolute atomic E-state index is 0.000529. The highest BCUT2D eigenvalue weighted by atomic mass is 16.5. The van der Waals surface area contributed by atoms with E-state index >= 15 is 0 Å². The van der Waals surface area contributed by atoms with Gasteiger partial charge in [-0.05, 0) is 96.5 Å². The number of aromatic nitrogens is 4.